The molecule has 13 heavy (non-hydrogen) atoms. The quantitative estimate of drug-likeness (QED) is 0.742. The molecule has 4 nitrogen and oxygen atoms in total. The lowest BCUT2D eigenvalue weighted by Gasteiger charge is -1.98. The van der Waals surface area contributed by atoms with Crippen LogP contribution in [0.2, 0.25) is 0 Å². The van der Waals surface area contributed by atoms with Crippen LogP contribution in [-0.4, -0.2) is 17.6 Å². The third-order valence-corrected chi connectivity index (χ3v) is 2.18. The molecule has 0 fully saturated rings. The Morgan fingerprint density at radius 1 is 1.77 bits per heavy atom. The maximum Gasteiger partial charge on any atom is 0.306 e. The maximum atomic E-state index is 10.9. The van der Waals surface area contributed by atoms with E-state index in [-0.39, 0.29) is 5.97 Å². The predicted octanol–water partition coefficient (Wildman–Crippen LogP) is 1.22. The van der Waals surface area contributed by atoms with Gasteiger partial charge >= 0.3 is 5.97 Å². The fourth-order valence-electron chi connectivity index (χ4n) is 0.901. The van der Waals surface area contributed by atoms with Crippen LogP contribution < -0.4 is 5.73 Å². The zero-order valence-corrected chi connectivity index (χ0v) is 8.26. The summed E-state index contributed by atoms with van der Waals surface area (Å²) in [5.41, 5.74) is 6.29. The molecule has 1 heterocycles. The van der Waals surface area contributed by atoms with Gasteiger partial charge in [0.05, 0.1) is 18.7 Å². The molecule has 0 radical (unpaired) electrons. The summed E-state index contributed by atoms with van der Waals surface area (Å²) in [6, 6.07) is 0. The first-order valence-electron chi connectivity index (χ1n) is 4.08. The number of hydrogen-bond acceptors (Lipinski definition) is 5. The summed E-state index contributed by atoms with van der Waals surface area (Å²) in [5.74, 6) is -0.186. The molecule has 0 atom stereocenters. The van der Waals surface area contributed by atoms with Crippen molar-refractivity contribution < 1.29 is 9.53 Å². The summed E-state index contributed by atoms with van der Waals surface area (Å²) in [6.07, 6.45) is 0.976. The van der Waals surface area contributed by atoms with Gasteiger partial charge in [-0.2, -0.15) is 0 Å². The Kier molecular flexibility index (Phi) is 3.70. The van der Waals surface area contributed by atoms with Gasteiger partial charge in [0.15, 0.2) is 5.13 Å². The number of nitrogens with zero attached hydrogens (tertiary/aromatic N) is 1. The van der Waals surface area contributed by atoms with E-state index in [1.807, 2.05) is 5.38 Å². The molecule has 72 valence electrons. The summed E-state index contributed by atoms with van der Waals surface area (Å²) in [6.45, 7) is 2.22. The van der Waals surface area contributed by atoms with E-state index in [0.29, 0.717) is 24.6 Å². The van der Waals surface area contributed by atoms with Crippen molar-refractivity contribution in [3.63, 3.8) is 0 Å². The van der Waals surface area contributed by atoms with Gasteiger partial charge in [-0.1, -0.05) is 0 Å². The highest BCUT2D eigenvalue weighted by atomic mass is 32.1. The first-order valence-corrected chi connectivity index (χ1v) is 4.96. The van der Waals surface area contributed by atoms with Crippen molar-refractivity contribution in [3.05, 3.63) is 11.1 Å². The number of esters is 1. The average Bonchev–Trinajstić information content (AvgIpc) is 2.49. The fraction of sp³-hybridized carbons (Fsp3) is 0.500. The summed E-state index contributed by atoms with van der Waals surface area (Å²) in [5, 5.41) is 2.40. The monoisotopic (exact) mass is 200 g/mol. The first-order chi connectivity index (χ1) is 6.22. The number of anilines is 1. The molecule has 0 unspecified atom stereocenters. The smallest absolute Gasteiger partial charge is 0.306 e. The van der Waals surface area contributed by atoms with Gasteiger partial charge < -0.3 is 10.5 Å². The van der Waals surface area contributed by atoms with Crippen LogP contribution in [0.15, 0.2) is 5.38 Å². The molecule has 0 bridgehead atoms. The second-order valence-electron chi connectivity index (χ2n) is 2.48. The molecule has 0 aliphatic heterocycles. The van der Waals surface area contributed by atoms with Crippen molar-refractivity contribution in [3.8, 4) is 0 Å². The largest absolute Gasteiger partial charge is 0.466 e. The maximum absolute atomic E-state index is 10.9. The third-order valence-electron chi connectivity index (χ3n) is 1.46. The van der Waals surface area contributed by atoms with Crippen LogP contribution in [0, 0.1) is 0 Å². The summed E-state index contributed by atoms with van der Waals surface area (Å²) in [7, 11) is 0. The molecule has 0 saturated carbocycles. The fourth-order valence-corrected chi connectivity index (χ4v) is 1.50. The molecule has 0 spiro atoms. The summed E-state index contributed by atoms with van der Waals surface area (Å²) in [4.78, 5) is 15.0. The van der Waals surface area contributed by atoms with E-state index in [1.165, 1.54) is 11.3 Å². The third kappa shape index (κ3) is 3.42. The van der Waals surface area contributed by atoms with Crippen LogP contribution in [0.1, 0.15) is 19.0 Å². The second kappa shape index (κ2) is 4.81. The standard InChI is InChI=1S/C8H12N2O2S/c1-2-12-7(11)4-3-6-5-13-8(9)10-6/h5H,2-4H2,1H3,(H2,9,10). The molecule has 0 aliphatic rings. The van der Waals surface area contributed by atoms with E-state index in [2.05, 4.69) is 4.98 Å². The Morgan fingerprint density at radius 2 is 2.54 bits per heavy atom. The number of rotatable bonds is 4. The van der Waals surface area contributed by atoms with Gasteiger partial charge in [-0.3, -0.25) is 4.79 Å². The normalized spacial score (nSPS) is 9.92. The molecule has 5 heteroatoms. The zero-order chi connectivity index (χ0) is 9.68. The van der Waals surface area contributed by atoms with Crippen LogP contribution in [0.4, 0.5) is 5.13 Å². The Morgan fingerprint density at radius 3 is 3.08 bits per heavy atom. The molecule has 0 amide bonds. The Balaban J connectivity index is 2.30. The second-order valence-corrected chi connectivity index (χ2v) is 3.37. The number of nitrogen functional groups attached to an aromatic ring is 1. The minimum Gasteiger partial charge on any atom is -0.466 e. The molecule has 1 rings (SSSR count). The highest BCUT2D eigenvalue weighted by Gasteiger charge is 2.04. The topological polar surface area (TPSA) is 65.2 Å². The predicted molar refractivity (Wildman–Crippen MR) is 51.5 cm³/mol. The van der Waals surface area contributed by atoms with Crippen molar-refractivity contribution >= 4 is 22.4 Å². The average molecular weight is 200 g/mol. The van der Waals surface area contributed by atoms with E-state index >= 15 is 0 Å². The number of carbonyl (C=O) groups is 1. The van der Waals surface area contributed by atoms with Crippen LogP contribution >= 0.6 is 11.3 Å². The minimum atomic E-state index is -0.186. The SMILES string of the molecule is CCOC(=O)CCc1csc(N)n1. The van der Waals surface area contributed by atoms with Crippen molar-refractivity contribution in [1.29, 1.82) is 0 Å². The van der Waals surface area contributed by atoms with Gasteiger partial charge in [0.1, 0.15) is 0 Å². The highest BCUT2D eigenvalue weighted by Crippen LogP contribution is 2.12. The number of nitrogens with two attached hydrogens (primary N) is 1. The number of aryl methyl sites for hydroxylation is 1. The van der Waals surface area contributed by atoms with E-state index in [9.17, 15) is 4.79 Å². The lowest BCUT2D eigenvalue weighted by molar-refractivity contribution is -0.143. The highest BCUT2D eigenvalue weighted by molar-refractivity contribution is 7.13. The van der Waals surface area contributed by atoms with Crippen LogP contribution in [0.5, 0.6) is 0 Å². The number of carbonyl (C=O) groups excluding carboxylic acids is 1. The van der Waals surface area contributed by atoms with E-state index in [4.69, 9.17) is 10.5 Å². The van der Waals surface area contributed by atoms with Crippen LogP contribution in [-0.2, 0) is 16.0 Å². The Hall–Kier alpha value is -1.10. The Labute approximate surface area is 80.7 Å². The van der Waals surface area contributed by atoms with Gasteiger partial charge in [-0.15, -0.1) is 11.3 Å². The minimum absolute atomic E-state index is 0.186. The molecule has 2 N–H and O–H groups in total. The number of thiazole rings is 1. The van der Waals surface area contributed by atoms with Crippen molar-refractivity contribution in [1.82, 2.24) is 4.98 Å². The molecule has 0 saturated heterocycles. The summed E-state index contributed by atoms with van der Waals surface area (Å²) < 4.78 is 4.78. The van der Waals surface area contributed by atoms with Crippen molar-refractivity contribution in [2.45, 2.75) is 19.8 Å². The van der Waals surface area contributed by atoms with Gasteiger partial charge in [0.25, 0.3) is 0 Å². The number of hydrogen-bond donors (Lipinski definition) is 1. The number of ether oxygens (including phenoxy) is 1. The van der Waals surface area contributed by atoms with Crippen LogP contribution in [0.3, 0.4) is 0 Å². The van der Waals surface area contributed by atoms with Gasteiger partial charge in [0, 0.05) is 11.8 Å². The van der Waals surface area contributed by atoms with Crippen molar-refractivity contribution in [2.24, 2.45) is 0 Å². The van der Waals surface area contributed by atoms with E-state index in [1.54, 1.807) is 6.92 Å². The molecule has 0 aliphatic carbocycles. The lowest BCUT2D eigenvalue weighted by atomic mass is 10.2. The molecule has 1 aromatic rings. The zero-order valence-electron chi connectivity index (χ0n) is 7.45. The van der Waals surface area contributed by atoms with Gasteiger partial charge in [0.2, 0.25) is 0 Å². The van der Waals surface area contributed by atoms with Crippen LogP contribution in [0.25, 0.3) is 0 Å². The van der Waals surface area contributed by atoms with Crippen molar-refractivity contribution in [2.75, 3.05) is 12.3 Å². The lowest BCUT2D eigenvalue weighted by Crippen LogP contribution is -2.05. The molecule has 0 aromatic carbocycles. The first kappa shape index (κ1) is 9.98. The Bertz CT molecular complexity index is 285. The van der Waals surface area contributed by atoms with Gasteiger partial charge in [-0.05, 0) is 6.92 Å². The van der Waals surface area contributed by atoms with Gasteiger partial charge in [-0.25, -0.2) is 4.98 Å². The van der Waals surface area contributed by atoms with E-state index < -0.39 is 0 Å². The molecular weight excluding hydrogens is 188 g/mol. The molecule has 1 aromatic heterocycles. The van der Waals surface area contributed by atoms with E-state index in [0.717, 1.165) is 5.69 Å². The summed E-state index contributed by atoms with van der Waals surface area (Å²) >= 11 is 1.38. The number of aromatic nitrogens is 1. The molecular formula is C8H12N2O2S.